The average Bonchev–Trinajstić information content (AvgIpc) is 2.16. The van der Waals surface area contributed by atoms with Gasteiger partial charge in [-0.1, -0.05) is 6.92 Å². The zero-order valence-electron chi connectivity index (χ0n) is 9.91. The maximum Gasteiger partial charge on any atom is 0.325 e. The first-order chi connectivity index (χ1) is 6.94. The Labute approximate surface area is 95.9 Å². The van der Waals surface area contributed by atoms with Gasteiger partial charge in [0.15, 0.2) is 0 Å². The molecule has 0 aliphatic carbocycles. The van der Waals surface area contributed by atoms with E-state index in [1.165, 1.54) is 7.11 Å². The number of methoxy groups -OCH3 is 2. The van der Waals surface area contributed by atoms with Crippen LogP contribution in [0.5, 0.6) is 0 Å². The van der Waals surface area contributed by atoms with Crippen LogP contribution in [0.3, 0.4) is 0 Å². The Balaban J connectivity index is 3.93. The summed E-state index contributed by atoms with van der Waals surface area (Å²) in [7, 11) is 3.03. The van der Waals surface area contributed by atoms with Gasteiger partial charge < -0.3 is 15.2 Å². The standard InChI is InChI=1S/C10H21NO3S/c1-8(15-6-5-13-3)7-10(2,11)9(12)14-4/h8H,5-7,11H2,1-4H3. The third-order valence-electron chi connectivity index (χ3n) is 2.05. The fraction of sp³-hybridized carbons (Fsp3) is 0.900. The number of carbonyl (C=O) groups excluding carboxylic acids is 1. The molecule has 0 saturated carbocycles. The normalized spacial score (nSPS) is 16.9. The number of thioether (sulfide) groups is 1. The van der Waals surface area contributed by atoms with Crippen molar-refractivity contribution < 1.29 is 14.3 Å². The van der Waals surface area contributed by atoms with Crippen LogP contribution in [0, 0.1) is 0 Å². The number of nitrogens with two attached hydrogens (primary N) is 1. The average molecular weight is 235 g/mol. The molecule has 0 fully saturated rings. The van der Waals surface area contributed by atoms with E-state index < -0.39 is 5.54 Å². The lowest BCUT2D eigenvalue weighted by Gasteiger charge is -2.24. The van der Waals surface area contributed by atoms with E-state index in [-0.39, 0.29) is 5.97 Å². The van der Waals surface area contributed by atoms with Crippen molar-refractivity contribution in [1.29, 1.82) is 0 Å². The second-order valence-electron chi connectivity index (χ2n) is 3.79. The molecule has 2 N–H and O–H groups in total. The summed E-state index contributed by atoms with van der Waals surface area (Å²) in [5.41, 5.74) is 4.96. The molecule has 90 valence electrons. The lowest BCUT2D eigenvalue weighted by molar-refractivity contribution is -0.146. The molecule has 2 atom stereocenters. The Hall–Kier alpha value is -0.260. The number of hydrogen-bond donors (Lipinski definition) is 1. The summed E-state index contributed by atoms with van der Waals surface area (Å²) in [6.45, 7) is 4.47. The van der Waals surface area contributed by atoms with Gasteiger partial charge >= 0.3 is 5.97 Å². The van der Waals surface area contributed by atoms with Gasteiger partial charge in [0, 0.05) is 18.1 Å². The summed E-state index contributed by atoms with van der Waals surface area (Å²) in [5.74, 6) is 0.552. The summed E-state index contributed by atoms with van der Waals surface area (Å²) >= 11 is 1.74. The summed E-state index contributed by atoms with van der Waals surface area (Å²) in [6, 6.07) is 0. The van der Waals surface area contributed by atoms with E-state index in [1.54, 1.807) is 25.8 Å². The fourth-order valence-corrected chi connectivity index (χ4v) is 2.43. The van der Waals surface area contributed by atoms with Crippen molar-refractivity contribution >= 4 is 17.7 Å². The molecule has 0 aromatic rings. The summed E-state index contributed by atoms with van der Waals surface area (Å²) in [6.07, 6.45) is 0.605. The highest BCUT2D eigenvalue weighted by molar-refractivity contribution is 7.99. The predicted molar refractivity (Wildman–Crippen MR) is 63.0 cm³/mol. The molecule has 5 heteroatoms. The molecule has 0 spiro atoms. The third kappa shape index (κ3) is 6.02. The second kappa shape index (κ2) is 7.09. The molecule has 2 unspecified atom stereocenters. The van der Waals surface area contributed by atoms with E-state index in [1.807, 2.05) is 6.92 Å². The Morgan fingerprint density at radius 2 is 2.13 bits per heavy atom. The van der Waals surface area contributed by atoms with Crippen LogP contribution in [0.2, 0.25) is 0 Å². The van der Waals surface area contributed by atoms with E-state index in [9.17, 15) is 4.79 Å². The molecular weight excluding hydrogens is 214 g/mol. The molecule has 0 aliphatic heterocycles. The van der Waals surface area contributed by atoms with Gasteiger partial charge in [0.25, 0.3) is 0 Å². The van der Waals surface area contributed by atoms with Crippen LogP contribution in [-0.2, 0) is 14.3 Å². The largest absolute Gasteiger partial charge is 0.468 e. The van der Waals surface area contributed by atoms with Crippen molar-refractivity contribution in [2.45, 2.75) is 31.1 Å². The zero-order chi connectivity index (χ0) is 11.9. The lowest BCUT2D eigenvalue weighted by Crippen LogP contribution is -2.47. The Morgan fingerprint density at radius 3 is 2.60 bits per heavy atom. The molecule has 0 bridgehead atoms. The quantitative estimate of drug-likeness (QED) is 0.527. The monoisotopic (exact) mass is 235 g/mol. The topological polar surface area (TPSA) is 61.5 Å². The van der Waals surface area contributed by atoms with Crippen LogP contribution in [0.4, 0.5) is 0 Å². The Morgan fingerprint density at radius 1 is 1.53 bits per heavy atom. The first-order valence-electron chi connectivity index (χ1n) is 4.92. The van der Waals surface area contributed by atoms with Gasteiger partial charge in [0.2, 0.25) is 0 Å². The molecule has 0 radical (unpaired) electrons. The Bertz CT molecular complexity index is 197. The maximum atomic E-state index is 11.3. The smallest absolute Gasteiger partial charge is 0.325 e. The molecule has 0 amide bonds. The van der Waals surface area contributed by atoms with Crippen molar-refractivity contribution in [3.8, 4) is 0 Å². The number of carbonyl (C=O) groups is 1. The number of ether oxygens (including phenoxy) is 2. The lowest BCUT2D eigenvalue weighted by atomic mass is 9.98. The highest BCUT2D eigenvalue weighted by atomic mass is 32.2. The van der Waals surface area contributed by atoms with E-state index in [4.69, 9.17) is 10.5 Å². The first kappa shape index (κ1) is 14.7. The van der Waals surface area contributed by atoms with Gasteiger partial charge in [-0.05, 0) is 13.3 Å². The molecule has 4 nitrogen and oxygen atoms in total. The highest BCUT2D eigenvalue weighted by Gasteiger charge is 2.31. The van der Waals surface area contributed by atoms with E-state index in [2.05, 4.69) is 4.74 Å². The number of hydrogen-bond acceptors (Lipinski definition) is 5. The van der Waals surface area contributed by atoms with Crippen molar-refractivity contribution in [3.05, 3.63) is 0 Å². The van der Waals surface area contributed by atoms with Gasteiger partial charge in [0.05, 0.1) is 13.7 Å². The van der Waals surface area contributed by atoms with Gasteiger partial charge in [-0.25, -0.2) is 0 Å². The second-order valence-corrected chi connectivity index (χ2v) is 5.33. The zero-order valence-corrected chi connectivity index (χ0v) is 10.7. The van der Waals surface area contributed by atoms with Crippen molar-refractivity contribution in [2.75, 3.05) is 26.6 Å². The predicted octanol–water partition coefficient (Wildman–Crippen LogP) is 1.04. The molecular formula is C10H21NO3S. The van der Waals surface area contributed by atoms with Crippen molar-refractivity contribution in [3.63, 3.8) is 0 Å². The van der Waals surface area contributed by atoms with Crippen molar-refractivity contribution in [1.82, 2.24) is 0 Å². The molecule has 0 rings (SSSR count). The highest BCUT2D eigenvalue weighted by Crippen LogP contribution is 2.20. The SMILES string of the molecule is COCCSC(C)CC(C)(N)C(=O)OC. The van der Waals surface area contributed by atoms with Crippen LogP contribution in [0.15, 0.2) is 0 Å². The van der Waals surface area contributed by atoms with E-state index in [0.717, 1.165) is 5.75 Å². The summed E-state index contributed by atoms with van der Waals surface area (Å²) < 4.78 is 9.59. The molecule has 0 aromatic carbocycles. The molecule has 0 heterocycles. The van der Waals surface area contributed by atoms with Crippen LogP contribution in [0.1, 0.15) is 20.3 Å². The minimum Gasteiger partial charge on any atom is -0.468 e. The summed E-state index contributed by atoms with van der Waals surface area (Å²) in [5, 5.41) is 0.314. The van der Waals surface area contributed by atoms with Gasteiger partial charge in [-0.15, -0.1) is 0 Å². The molecule has 0 aromatic heterocycles. The van der Waals surface area contributed by atoms with E-state index >= 15 is 0 Å². The van der Waals surface area contributed by atoms with Crippen LogP contribution >= 0.6 is 11.8 Å². The van der Waals surface area contributed by atoms with Gasteiger partial charge in [-0.3, -0.25) is 4.79 Å². The van der Waals surface area contributed by atoms with E-state index in [0.29, 0.717) is 18.3 Å². The minimum absolute atomic E-state index is 0.314. The van der Waals surface area contributed by atoms with Gasteiger partial charge in [0.1, 0.15) is 5.54 Å². The molecule has 0 saturated heterocycles. The Kier molecular flexibility index (Phi) is 6.96. The summed E-state index contributed by atoms with van der Waals surface area (Å²) in [4.78, 5) is 11.3. The van der Waals surface area contributed by atoms with Crippen LogP contribution < -0.4 is 5.73 Å². The third-order valence-corrected chi connectivity index (χ3v) is 3.19. The molecule has 0 aliphatic rings. The number of rotatable bonds is 7. The fourth-order valence-electron chi connectivity index (χ4n) is 1.31. The first-order valence-corrected chi connectivity index (χ1v) is 5.96. The minimum atomic E-state index is -0.895. The van der Waals surface area contributed by atoms with Crippen molar-refractivity contribution in [2.24, 2.45) is 5.73 Å². The van der Waals surface area contributed by atoms with Gasteiger partial charge in [-0.2, -0.15) is 11.8 Å². The number of esters is 1. The maximum absolute atomic E-state index is 11.3. The molecule has 15 heavy (non-hydrogen) atoms. The van der Waals surface area contributed by atoms with Crippen LogP contribution in [-0.4, -0.2) is 43.3 Å². The van der Waals surface area contributed by atoms with Crippen LogP contribution in [0.25, 0.3) is 0 Å².